The summed E-state index contributed by atoms with van der Waals surface area (Å²) in [5.74, 6) is 0.798. The third kappa shape index (κ3) is 4.77. The minimum Gasteiger partial charge on any atom is -0.468 e. The maximum absolute atomic E-state index is 12.7. The molecular weight excluding hydrogens is 344 g/mol. The number of likely N-dealkylation sites (N-methyl/N-ethyl adjacent to an activating group) is 1. The van der Waals surface area contributed by atoms with E-state index in [1.165, 1.54) is 0 Å². The standard InChI is InChI=1S/C21H22N2O2S/c1-16(23(2)15-17-9-8-14-25-17)21(24)22-19-12-6-7-13-20(19)26-18-10-4-3-5-11-18/h3-14,16H,15H2,1-2H3,(H,22,24). The van der Waals surface area contributed by atoms with Crippen molar-refractivity contribution in [2.75, 3.05) is 12.4 Å². The van der Waals surface area contributed by atoms with Crippen LogP contribution in [0.25, 0.3) is 0 Å². The molecule has 0 bridgehead atoms. The van der Waals surface area contributed by atoms with E-state index in [0.29, 0.717) is 6.54 Å². The van der Waals surface area contributed by atoms with Crippen molar-refractivity contribution < 1.29 is 9.21 Å². The third-order valence-electron chi connectivity index (χ3n) is 4.14. The molecular formula is C21H22N2O2S. The van der Waals surface area contributed by atoms with Gasteiger partial charge in [0, 0.05) is 9.79 Å². The van der Waals surface area contributed by atoms with Gasteiger partial charge in [0.2, 0.25) is 5.91 Å². The molecule has 5 heteroatoms. The van der Waals surface area contributed by atoms with Crippen LogP contribution in [0.5, 0.6) is 0 Å². The molecule has 0 saturated carbocycles. The summed E-state index contributed by atoms with van der Waals surface area (Å²) in [6.07, 6.45) is 1.64. The van der Waals surface area contributed by atoms with Gasteiger partial charge >= 0.3 is 0 Å². The SMILES string of the molecule is CC(C(=O)Nc1ccccc1Sc1ccccc1)N(C)Cc1ccco1. The first-order chi connectivity index (χ1) is 12.6. The summed E-state index contributed by atoms with van der Waals surface area (Å²) in [5.41, 5.74) is 0.824. The Kier molecular flexibility index (Phi) is 6.15. The largest absolute Gasteiger partial charge is 0.468 e. The Morgan fingerprint density at radius 3 is 2.54 bits per heavy atom. The van der Waals surface area contributed by atoms with Crippen LogP contribution in [0.2, 0.25) is 0 Å². The molecule has 0 radical (unpaired) electrons. The Labute approximate surface area is 158 Å². The van der Waals surface area contributed by atoms with E-state index >= 15 is 0 Å². The van der Waals surface area contributed by atoms with Gasteiger partial charge in [-0.2, -0.15) is 0 Å². The Hall–Kier alpha value is -2.50. The zero-order valence-corrected chi connectivity index (χ0v) is 15.7. The minimum absolute atomic E-state index is 0.0415. The summed E-state index contributed by atoms with van der Waals surface area (Å²) in [5, 5.41) is 3.06. The molecule has 0 saturated heterocycles. The number of carbonyl (C=O) groups excluding carboxylic acids is 1. The van der Waals surface area contributed by atoms with Gasteiger partial charge in [-0.3, -0.25) is 9.69 Å². The van der Waals surface area contributed by atoms with Crippen LogP contribution in [0.1, 0.15) is 12.7 Å². The van der Waals surface area contributed by atoms with Crippen LogP contribution in [0.15, 0.2) is 87.2 Å². The van der Waals surface area contributed by atoms with Crippen LogP contribution in [-0.4, -0.2) is 23.9 Å². The van der Waals surface area contributed by atoms with Crippen LogP contribution in [-0.2, 0) is 11.3 Å². The summed E-state index contributed by atoms with van der Waals surface area (Å²) >= 11 is 1.64. The molecule has 26 heavy (non-hydrogen) atoms. The van der Waals surface area contributed by atoms with Gasteiger partial charge in [-0.15, -0.1) is 0 Å². The number of hydrogen-bond acceptors (Lipinski definition) is 4. The number of nitrogens with one attached hydrogen (secondary N) is 1. The lowest BCUT2D eigenvalue weighted by Gasteiger charge is -2.23. The quantitative estimate of drug-likeness (QED) is 0.647. The molecule has 4 nitrogen and oxygen atoms in total. The van der Waals surface area contributed by atoms with E-state index in [-0.39, 0.29) is 11.9 Å². The molecule has 1 amide bonds. The molecule has 1 atom stereocenters. The van der Waals surface area contributed by atoms with Gasteiger partial charge in [0.25, 0.3) is 0 Å². The molecule has 1 N–H and O–H groups in total. The van der Waals surface area contributed by atoms with E-state index in [2.05, 4.69) is 17.4 Å². The number of rotatable bonds is 7. The van der Waals surface area contributed by atoms with E-state index in [4.69, 9.17) is 4.42 Å². The maximum atomic E-state index is 12.7. The monoisotopic (exact) mass is 366 g/mol. The van der Waals surface area contributed by atoms with Gasteiger partial charge in [-0.1, -0.05) is 42.1 Å². The van der Waals surface area contributed by atoms with E-state index in [1.807, 2.05) is 73.5 Å². The fourth-order valence-electron chi connectivity index (χ4n) is 2.50. The van der Waals surface area contributed by atoms with Gasteiger partial charge in [0.1, 0.15) is 5.76 Å². The van der Waals surface area contributed by atoms with Gasteiger partial charge < -0.3 is 9.73 Å². The number of benzene rings is 2. The molecule has 1 heterocycles. The number of furan rings is 1. The Morgan fingerprint density at radius 2 is 1.81 bits per heavy atom. The van der Waals surface area contributed by atoms with E-state index in [0.717, 1.165) is 21.2 Å². The Balaban J connectivity index is 1.67. The molecule has 0 fully saturated rings. The van der Waals surface area contributed by atoms with Crippen LogP contribution in [0.4, 0.5) is 5.69 Å². The smallest absolute Gasteiger partial charge is 0.241 e. The van der Waals surface area contributed by atoms with E-state index < -0.39 is 0 Å². The van der Waals surface area contributed by atoms with Gasteiger partial charge in [0.15, 0.2) is 0 Å². The zero-order valence-electron chi connectivity index (χ0n) is 14.9. The van der Waals surface area contributed by atoms with Crippen molar-refractivity contribution in [3.05, 3.63) is 78.8 Å². The molecule has 0 aliphatic rings. The van der Waals surface area contributed by atoms with Crippen LogP contribution < -0.4 is 5.32 Å². The number of para-hydroxylation sites is 1. The number of nitrogens with zero attached hydrogens (tertiary/aromatic N) is 1. The van der Waals surface area contributed by atoms with Crippen LogP contribution in [0, 0.1) is 0 Å². The van der Waals surface area contributed by atoms with Gasteiger partial charge in [0.05, 0.1) is 24.5 Å². The summed E-state index contributed by atoms with van der Waals surface area (Å²) in [4.78, 5) is 16.8. The highest BCUT2D eigenvalue weighted by molar-refractivity contribution is 7.99. The van der Waals surface area contributed by atoms with Crippen molar-refractivity contribution in [1.82, 2.24) is 4.90 Å². The van der Waals surface area contributed by atoms with Crippen molar-refractivity contribution in [2.24, 2.45) is 0 Å². The van der Waals surface area contributed by atoms with Gasteiger partial charge in [-0.05, 0) is 50.4 Å². The zero-order chi connectivity index (χ0) is 18.4. The molecule has 1 aromatic heterocycles. The van der Waals surface area contributed by atoms with Crippen molar-refractivity contribution >= 4 is 23.4 Å². The summed E-state index contributed by atoms with van der Waals surface area (Å²) in [7, 11) is 1.91. The first-order valence-electron chi connectivity index (χ1n) is 8.49. The number of hydrogen-bond donors (Lipinski definition) is 1. The first kappa shape index (κ1) is 18.3. The molecule has 0 spiro atoms. The second-order valence-corrected chi connectivity index (χ2v) is 7.19. The second-order valence-electron chi connectivity index (χ2n) is 6.07. The molecule has 1 unspecified atom stereocenters. The summed E-state index contributed by atoms with van der Waals surface area (Å²) < 4.78 is 5.36. The molecule has 134 valence electrons. The number of anilines is 1. The average molecular weight is 366 g/mol. The lowest BCUT2D eigenvalue weighted by molar-refractivity contribution is -0.120. The predicted octanol–water partition coefficient (Wildman–Crippen LogP) is 4.89. The predicted molar refractivity (Wildman–Crippen MR) is 105 cm³/mol. The van der Waals surface area contributed by atoms with Crippen molar-refractivity contribution in [1.29, 1.82) is 0 Å². The molecule has 3 aromatic rings. The van der Waals surface area contributed by atoms with Crippen molar-refractivity contribution in [2.45, 2.75) is 29.3 Å². The van der Waals surface area contributed by atoms with E-state index in [1.54, 1.807) is 18.0 Å². The highest BCUT2D eigenvalue weighted by Crippen LogP contribution is 2.33. The highest BCUT2D eigenvalue weighted by Gasteiger charge is 2.20. The first-order valence-corrected chi connectivity index (χ1v) is 9.30. The highest BCUT2D eigenvalue weighted by atomic mass is 32.2. The third-order valence-corrected chi connectivity index (χ3v) is 5.23. The van der Waals surface area contributed by atoms with Crippen molar-refractivity contribution in [3.8, 4) is 0 Å². The van der Waals surface area contributed by atoms with Crippen molar-refractivity contribution in [3.63, 3.8) is 0 Å². The molecule has 3 rings (SSSR count). The van der Waals surface area contributed by atoms with Gasteiger partial charge in [-0.25, -0.2) is 0 Å². The summed E-state index contributed by atoms with van der Waals surface area (Å²) in [6, 6.07) is 21.5. The normalized spacial score (nSPS) is 12.1. The number of carbonyl (C=O) groups is 1. The fraction of sp³-hybridized carbons (Fsp3) is 0.190. The topological polar surface area (TPSA) is 45.5 Å². The lowest BCUT2D eigenvalue weighted by Crippen LogP contribution is -2.39. The molecule has 0 aliphatic carbocycles. The molecule has 0 aliphatic heterocycles. The Bertz CT molecular complexity index is 834. The maximum Gasteiger partial charge on any atom is 0.241 e. The van der Waals surface area contributed by atoms with E-state index in [9.17, 15) is 4.79 Å². The average Bonchev–Trinajstić information content (AvgIpc) is 3.16. The summed E-state index contributed by atoms with van der Waals surface area (Å²) in [6.45, 7) is 2.48. The van der Waals surface area contributed by atoms with Crippen LogP contribution >= 0.6 is 11.8 Å². The fourth-order valence-corrected chi connectivity index (χ4v) is 3.42. The lowest BCUT2D eigenvalue weighted by atomic mass is 10.2. The van der Waals surface area contributed by atoms with Crippen LogP contribution in [0.3, 0.4) is 0 Å². The minimum atomic E-state index is -0.283. The second kappa shape index (κ2) is 8.74. The number of amides is 1. The molecule has 2 aromatic carbocycles. The Morgan fingerprint density at radius 1 is 1.08 bits per heavy atom.